The topological polar surface area (TPSA) is 15.3 Å². The van der Waals surface area contributed by atoms with Crippen LogP contribution in [0.3, 0.4) is 0 Å². The number of rotatable bonds is 4. The van der Waals surface area contributed by atoms with E-state index in [9.17, 15) is 13.2 Å². The lowest BCUT2D eigenvalue weighted by Crippen LogP contribution is -2.45. The summed E-state index contributed by atoms with van der Waals surface area (Å²) in [6, 6.07) is 4.68. The first kappa shape index (κ1) is 23.1. The zero-order chi connectivity index (χ0) is 15.5. The van der Waals surface area contributed by atoms with E-state index in [0.717, 1.165) is 18.7 Å². The van der Waals surface area contributed by atoms with Gasteiger partial charge in [0, 0.05) is 48.7 Å². The van der Waals surface area contributed by atoms with Crippen molar-refractivity contribution < 1.29 is 13.2 Å². The quantitative estimate of drug-likeness (QED) is 0.736. The Morgan fingerprint density at radius 1 is 1.04 bits per heavy atom. The Bertz CT molecular complexity index is 459. The number of benzene rings is 1. The number of nitrogens with one attached hydrogen (secondary N) is 1. The van der Waals surface area contributed by atoms with Crippen LogP contribution in [0, 0.1) is 0 Å². The third-order valence-corrected chi connectivity index (χ3v) is 4.00. The van der Waals surface area contributed by atoms with Gasteiger partial charge in [0.2, 0.25) is 0 Å². The summed E-state index contributed by atoms with van der Waals surface area (Å²) in [6.07, 6.45) is -4.96. The number of nitrogens with zero attached hydrogens (tertiary/aromatic N) is 1. The van der Waals surface area contributed by atoms with E-state index >= 15 is 0 Å². The number of hydrogen-bond donors (Lipinski definition) is 1. The maximum atomic E-state index is 12.6. The molecule has 1 fully saturated rings. The Hall–Kier alpha value is 0.0900. The van der Waals surface area contributed by atoms with Gasteiger partial charge in [-0.15, -0.1) is 24.8 Å². The molecule has 9 heteroatoms. The fourth-order valence-corrected chi connectivity index (χ4v) is 3.16. The van der Waals surface area contributed by atoms with Crippen LogP contribution in [0.4, 0.5) is 13.2 Å². The predicted molar refractivity (Wildman–Crippen MR) is 93.4 cm³/mol. The van der Waals surface area contributed by atoms with Crippen molar-refractivity contribution in [2.45, 2.75) is 25.1 Å². The first-order valence-corrected chi connectivity index (χ1v) is 7.58. The van der Waals surface area contributed by atoms with Crippen molar-refractivity contribution in [2.75, 3.05) is 26.2 Å². The molecule has 0 aliphatic carbocycles. The highest BCUT2D eigenvalue weighted by atomic mass is 35.5. The highest BCUT2D eigenvalue weighted by molar-refractivity contribution is 6.34. The zero-order valence-corrected chi connectivity index (χ0v) is 15.4. The molecule has 1 heterocycles. The van der Waals surface area contributed by atoms with Gasteiger partial charge in [0.05, 0.1) is 0 Å². The first-order chi connectivity index (χ1) is 9.85. The summed E-state index contributed by atoms with van der Waals surface area (Å²) in [6.45, 7) is 2.98. The van der Waals surface area contributed by atoms with Crippen LogP contribution in [0.25, 0.3) is 0 Å². The van der Waals surface area contributed by atoms with Crippen LogP contribution >= 0.6 is 48.0 Å². The van der Waals surface area contributed by atoms with E-state index in [-0.39, 0.29) is 37.3 Å². The van der Waals surface area contributed by atoms with Crippen LogP contribution in [0.2, 0.25) is 10.0 Å². The van der Waals surface area contributed by atoms with Crippen molar-refractivity contribution in [3.05, 3.63) is 33.8 Å². The Morgan fingerprint density at radius 3 is 2.04 bits per heavy atom. The van der Waals surface area contributed by atoms with Crippen LogP contribution in [0.5, 0.6) is 0 Å². The standard InChI is InChI=1S/C14H17Cl2F3N2.2ClH/c15-11-7-10(8-12(16)9-11)13(1-2-14(17,18)19)21-5-3-20-4-6-21;;/h7-9,13,20H,1-6H2;2*1H/t13-;;/m1../s1. The third-order valence-electron chi connectivity index (χ3n) is 3.56. The van der Waals surface area contributed by atoms with Gasteiger partial charge in [0.15, 0.2) is 0 Å². The molecule has 1 aliphatic heterocycles. The molecule has 1 aromatic rings. The summed E-state index contributed by atoms with van der Waals surface area (Å²) in [4.78, 5) is 2.06. The van der Waals surface area contributed by atoms with Crippen molar-refractivity contribution in [3.63, 3.8) is 0 Å². The summed E-state index contributed by atoms with van der Waals surface area (Å²) in [5.74, 6) is 0. The lowest BCUT2D eigenvalue weighted by atomic mass is 9.99. The summed E-state index contributed by atoms with van der Waals surface area (Å²) < 4.78 is 37.7. The highest BCUT2D eigenvalue weighted by Gasteiger charge is 2.31. The molecule has 23 heavy (non-hydrogen) atoms. The summed E-state index contributed by atoms with van der Waals surface area (Å²) >= 11 is 12.0. The minimum atomic E-state index is -4.16. The monoisotopic (exact) mass is 412 g/mol. The van der Waals surface area contributed by atoms with Crippen LogP contribution in [0.15, 0.2) is 18.2 Å². The van der Waals surface area contributed by atoms with Crippen molar-refractivity contribution >= 4 is 48.0 Å². The number of hydrogen-bond acceptors (Lipinski definition) is 2. The average molecular weight is 414 g/mol. The van der Waals surface area contributed by atoms with Crippen LogP contribution in [0.1, 0.15) is 24.4 Å². The maximum absolute atomic E-state index is 12.6. The lowest BCUT2D eigenvalue weighted by molar-refractivity contribution is -0.138. The molecule has 2 rings (SSSR count). The number of alkyl halides is 3. The second-order valence-corrected chi connectivity index (χ2v) is 6.03. The molecule has 1 aliphatic rings. The number of halogens is 7. The Kier molecular flexibility index (Phi) is 10.2. The summed E-state index contributed by atoms with van der Waals surface area (Å²) in [5, 5.41) is 4.10. The predicted octanol–water partition coefficient (Wildman–Crippen LogP) is 5.13. The SMILES string of the molecule is Cl.Cl.FC(F)(F)CC[C@H](c1cc(Cl)cc(Cl)c1)N1CCNCC1. The Morgan fingerprint density at radius 2 is 1.57 bits per heavy atom. The zero-order valence-electron chi connectivity index (χ0n) is 12.2. The van der Waals surface area contributed by atoms with E-state index in [4.69, 9.17) is 23.2 Å². The molecule has 0 saturated carbocycles. The van der Waals surface area contributed by atoms with Crippen molar-refractivity contribution in [3.8, 4) is 0 Å². The van der Waals surface area contributed by atoms with Crippen molar-refractivity contribution in [1.29, 1.82) is 0 Å². The fourth-order valence-electron chi connectivity index (χ4n) is 2.62. The molecule has 134 valence electrons. The summed E-state index contributed by atoms with van der Waals surface area (Å²) in [7, 11) is 0. The molecule has 1 saturated heterocycles. The second kappa shape index (κ2) is 10.2. The van der Waals surface area contributed by atoms with Crippen molar-refractivity contribution in [2.24, 2.45) is 0 Å². The molecule has 0 amide bonds. The second-order valence-electron chi connectivity index (χ2n) is 5.16. The molecule has 1 atom stereocenters. The Labute approximate surface area is 156 Å². The van der Waals surface area contributed by atoms with E-state index in [1.807, 2.05) is 0 Å². The van der Waals surface area contributed by atoms with Crippen molar-refractivity contribution in [1.82, 2.24) is 10.2 Å². The van der Waals surface area contributed by atoms with E-state index in [1.54, 1.807) is 18.2 Å². The van der Waals surface area contributed by atoms with E-state index in [0.29, 0.717) is 23.1 Å². The summed E-state index contributed by atoms with van der Waals surface area (Å²) in [5.41, 5.74) is 0.749. The maximum Gasteiger partial charge on any atom is 0.389 e. The van der Waals surface area contributed by atoms with Gasteiger partial charge >= 0.3 is 6.18 Å². The molecule has 0 radical (unpaired) electrons. The highest BCUT2D eigenvalue weighted by Crippen LogP contribution is 2.34. The third kappa shape index (κ3) is 7.67. The van der Waals surface area contributed by atoms with E-state index in [1.165, 1.54) is 0 Å². The van der Waals surface area contributed by atoms with Gasteiger partial charge in [-0.05, 0) is 30.2 Å². The molecular formula is C14H19Cl4F3N2. The van der Waals surface area contributed by atoms with E-state index in [2.05, 4.69) is 10.2 Å². The van der Waals surface area contributed by atoms with Gasteiger partial charge in [-0.2, -0.15) is 13.2 Å². The molecule has 1 N–H and O–H groups in total. The van der Waals surface area contributed by atoms with Crippen LogP contribution in [-0.4, -0.2) is 37.3 Å². The first-order valence-electron chi connectivity index (χ1n) is 6.83. The fraction of sp³-hybridized carbons (Fsp3) is 0.571. The molecule has 2 nitrogen and oxygen atoms in total. The Balaban J connectivity index is 0.00000242. The largest absolute Gasteiger partial charge is 0.389 e. The minimum Gasteiger partial charge on any atom is -0.314 e. The van der Waals surface area contributed by atoms with Gasteiger partial charge in [0.25, 0.3) is 0 Å². The number of piperazine rings is 1. The van der Waals surface area contributed by atoms with Gasteiger partial charge in [-0.25, -0.2) is 0 Å². The van der Waals surface area contributed by atoms with Gasteiger partial charge in [-0.1, -0.05) is 23.2 Å². The molecule has 1 aromatic carbocycles. The average Bonchev–Trinajstić information content (AvgIpc) is 2.37. The van der Waals surface area contributed by atoms with Crippen LogP contribution in [-0.2, 0) is 0 Å². The smallest absolute Gasteiger partial charge is 0.314 e. The van der Waals surface area contributed by atoms with Gasteiger partial charge in [0.1, 0.15) is 0 Å². The molecule has 0 unspecified atom stereocenters. The molecule has 0 bridgehead atoms. The normalized spacial score (nSPS) is 17.1. The lowest BCUT2D eigenvalue weighted by Gasteiger charge is -2.35. The molecule has 0 spiro atoms. The van der Waals surface area contributed by atoms with Gasteiger partial charge < -0.3 is 5.32 Å². The van der Waals surface area contributed by atoms with Crippen LogP contribution < -0.4 is 5.32 Å². The van der Waals surface area contributed by atoms with E-state index < -0.39 is 12.6 Å². The minimum absolute atomic E-state index is 0. The molecule has 0 aromatic heterocycles. The molecular weight excluding hydrogens is 395 g/mol. The van der Waals surface area contributed by atoms with Gasteiger partial charge in [-0.3, -0.25) is 4.90 Å².